The van der Waals surface area contributed by atoms with Crippen molar-refractivity contribution in [1.82, 2.24) is 15.2 Å². The van der Waals surface area contributed by atoms with E-state index in [4.69, 9.17) is 0 Å². The van der Waals surface area contributed by atoms with Crippen molar-refractivity contribution < 1.29 is 9.59 Å². The van der Waals surface area contributed by atoms with Crippen molar-refractivity contribution in [2.45, 2.75) is 39.3 Å². The summed E-state index contributed by atoms with van der Waals surface area (Å²) in [5, 5.41) is 4.77. The van der Waals surface area contributed by atoms with Crippen LogP contribution in [0.25, 0.3) is 0 Å². The Morgan fingerprint density at radius 3 is 2.96 bits per heavy atom. The molecule has 5 nitrogen and oxygen atoms in total. The van der Waals surface area contributed by atoms with Gasteiger partial charge in [-0.2, -0.15) is 0 Å². The zero-order valence-electron chi connectivity index (χ0n) is 13.9. The van der Waals surface area contributed by atoms with Gasteiger partial charge >= 0.3 is 0 Å². The highest BCUT2D eigenvalue weighted by Gasteiger charge is 2.31. The molecule has 0 saturated carbocycles. The van der Waals surface area contributed by atoms with E-state index < -0.39 is 0 Å². The summed E-state index contributed by atoms with van der Waals surface area (Å²) in [5.74, 6) is 0.0313. The van der Waals surface area contributed by atoms with Gasteiger partial charge in [-0.1, -0.05) is 0 Å². The van der Waals surface area contributed by atoms with Crippen molar-refractivity contribution in [2.75, 3.05) is 6.54 Å². The monoisotopic (exact) mass is 343 g/mol. The summed E-state index contributed by atoms with van der Waals surface area (Å²) in [7, 11) is 0. The maximum atomic E-state index is 12.8. The normalized spacial score (nSPS) is 17.1. The first kappa shape index (κ1) is 16.6. The van der Waals surface area contributed by atoms with Crippen LogP contribution >= 0.6 is 11.3 Å². The molecule has 3 heterocycles. The summed E-state index contributed by atoms with van der Waals surface area (Å²) in [6.07, 6.45) is 3.71. The van der Waals surface area contributed by atoms with Gasteiger partial charge in [0, 0.05) is 19.7 Å². The van der Waals surface area contributed by atoms with Crippen molar-refractivity contribution in [1.29, 1.82) is 0 Å². The van der Waals surface area contributed by atoms with Gasteiger partial charge in [-0.25, -0.2) is 0 Å². The highest BCUT2D eigenvalue weighted by Crippen LogP contribution is 2.34. The van der Waals surface area contributed by atoms with Gasteiger partial charge in [0.05, 0.1) is 23.2 Å². The van der Waals surface area contributed by atoms with E-state index in [0.717, 1.165) is 41.1 Å². The lowest BCUT2D eigenvalue weighted by atomic mass is 10.0. The first-order chi connectivity index (χ1) is 11.5. The van der Waals surface area contributed by atoms with E-state index in [-0.39, 0.29) is 17.9 Å². The number of likely N-dealkylation sites (tertiary alicyclic amines) is 1. The zero-order valence-corrected chi connectivity index (χ0v) is 14.7. The number of hydrogen-bond acceptors (Lipinski definition) is 4. The number of aromatic nitrogens is 1. The maximum absolute atomic E-state index is 12.8. The second kappa shape index (κ2) is 7.13. The van der Waals surface area contributed by atoms with Gasteiger partial charge < -0.3 is 10.2 Å². The zero-order chi connectivity index (χ0) is 17.1. The first-order valence-electron chi connectivity index (χ1n) is 8.10. The number of thiophene rings is 1. The Bertz CT molecular complexity index is 756. The van der Waals surface area contributed by atoms with E-state index in [0.29, 0.717) is 6.54 Å². The number of pyridine rings is 1. The average Bonchev–Trinajstić information content (AvgIpc) is 3.21. The van der Waals surface area contributed by atoms with Crippen LogP contribution in [0.15, 0.2) is 29.8 Å². The molecule has 1 atom stereocenters. The third-order valence-corrected chi connectivity index (χ3v) is 5.23. The Kier molecular flexibility index (Phi) is 4.94. The van der Waals surface area contributed by atoms with Gasteiger partial charge in [0.25, 0.3) is 5.91 Å². The molecule has 2 amide bonds. The topological polar surface area (TPSA) is 62.3 Å². The van der Waals surface area contributed by atoms with Crippen LogP contribution in [0.3, 0.4) is 0 Å². The largest absolute Gasteiger partial charge is 0.351 e. The predicted molar refractivity (Wildman–Crippen MR) is 93.8 cm³/mol. The van der Waals surface area contributed by atoms with Crippen LogP contribution in [-0.2, 0) is 11.3 Å². The predicted octanol–water partition coefficient (Wildman–Crippen LogP) is 3.06. The molecule has 1 aliphatic rings. The third kappa shape index (κ3) is 3.64. The lowest BCUT2D eigenvalue weighted by Gasteiger charge is -2.25. The van der Waals surface area contributed by atoms with Crippen LogP contribution in [0.4, 0.5) is 0 Å². The molecule has 1 N–H and O–H groups in total. The molecule has 24 heavy (non-hydrogen) atoms. The van der Waals surface area contributed by atoms with Crippen LogP contribution < -0.4 is 5.32 Å². The van der Waals surface area contributed by atoms with E-state index in [9.17, 15) is 9.59 Å². The minimum atomic E-state index is -0.0760. The number of carbonyl (C=O) groups excluding carboxylic acids is 2. The third-order valence-electron chi connectivity index (χ3n) is 4.20. The molecular formula is C18H21N3O2S. The van der Waals surface area contributed by atoms with Crippen molar-refractivity contribution in [3.05, 3.63) is 51.5 Å². The quantitative estimate of drug-likeness (QED) is 0.928. The van der Waals surface area contributed by atoms with E-state index in [1.807, 2.05) is 35.4 Å². The van der Waals surface area contributed by atoms with E-state index in [1.54, 1.807) is 6.20 Å². The SMILES string of the molecule is CC(=O)NCc1cc([C@@H]2CCCN2C(=O)c2cc(C)cs2)ccn1. The Morgan fingerprint density at radius 2 is 2.25 bits per heavy atom. The van der Waals surface area contributed by atoms with Crippen molar-refractivity contribution in [3.8, 4) is 0 Å². The van der Waals surface area contributed by atoms with Crippen LogP contribution in [0.1, 0.15) is 52.3 Å². The minimum absolute atomic E-state index is 0.0760. The molecule has 0 spiro atoms. The van der Waals surface area contributed by atoms with Crippen LogP contribution in [0.2, 0.25) is 0 Å². The lowest BCUT2D eigenvalue weighted by Crippen LogP contribution is -2.30. The van der Waals surface area contributed by atoms with Crippen LogP contribution in [0.5, 0.6) is 0 Å². The van der Waals surface area contributed by atoms with Gasteiger partial charge in [-0.15, -0.1) is 11.3 Å². The number of carbonyl (C=O) groups is 2. The van der Waals surface area contributed by atoms with Gasteiger partial charge in [-0.05, 0) is 54.5 Å². The Morgan fingerprint density at radius 1 is 1.42 bits per heavy atom. The first-order valence-corrected chi connectivity index (χ1v) is 8.98. The molecule has 1 aliphatic heterocycles. The molecule has 0 radical (unpaired) electrons. The standard InChI is InChI=1S/C18H21N3O2S/c1-12-8-17(24-11-12)18(23)21-7-3-4-16(21)14-5-6-19-15(9-14)10-20-13(2)22/h5-6,8-9,11,16H,3-4,7,10H2,1-2H3,(H,20,22)/t16-/m0/s1. The van der Waals surface area contributed by atoms with E-state index >= 15 is 0 Å². The fourth-order valence-electron chi connectivity index (χ4n) is 3.06. The number of aryl methyl sites for hydroxylation is 1. The maximum Gasteiger partial charge on any atom is 0.264 e. The number of rotatable bonds is 4. The molecule has 0 bridgehead atoms. The fourth-order valence-corrected chi connectivity index (χ4v) is 3.91. The summed E-state index contributed by atoms with van der Waals surface area (Å²) in [6.45, 7) is 4.69. The molecule has 2 aromatic heterocycles. The minimum Gasteiger partial charge on any atom is -0.351 e. The average molecular weight is 343 g/mol. The molecule has 1 fully saturated rings. The molecular weight excluding hydrogens is 322 g/mol. The lowest BCUT2D eigenvalue weighted by molar-refractivity contribution is -0.119. The van der Waals surface area contributed by atoms with Crippen molar-refractivity contribution in [3.63, 3.8) is 0 Å². The van der Waals surface area contributed by atoms with Crippen LogP contribution in [-0.4, -0.2) is 28.2 Å². The van der Waals surface area contributed by atoms with Gasteiger partial charge in [0.1, 0.15) is 0 Å². The number of amides is 2. The summed E-state index contributed by atoms with van der Waals surface area (Å²) in [4.78, 5) is 30.9. The molecule has 0 aromatic carbocycles. The van der Waals surface area contributed by atoms with Crippen molar-refractivity contribution in [2.24, 2.45) is 0 Å². The van der Waals surface area contributed by atoms with Gasteiger partial charge in [-0.3, -0.25) is 14.6 Å². The number of hydrogen-bond donors (Lipinski definition) is 1. The van der Waals surface area contributed by atoms with Crippen LogP contribution in [0, 0.1) is 6.92 Å². The van der Waals surface area contributed by atoms with E-state index in [2.05, 4.69) is 10.3 Å². The summed E-state index contributed by atoms with van der Waals surface area (Å²) >= 11 is 1.51. The number of nitrogens with zero attached hydrogens (tertiary/aromatic N) is 2. The molecule has 0 unspecified atom stereocenters. The summed E-state index contributed by atoms with van der Waals surface area (Å²) in [6, 6.07) is 6.00. The molecule has 0 aliphatic carbocycles. The number of nitrogens with one attached hydrogen (secondary N) is 1. The fraction of sp³-hybridized carbons (Fsp3) is 0.389. The molecule has 1 saturated heterocycles. The highest BCUT2D eigenvalue weighted by atomic mass is 32.1. The van der Waals surface area contributed by atoms with E-state index in [1.165, 1.54) is 18.3 Å². The second-order valence-corrected chi connectivity index (χ2v) is 7.05. The molecule has 6 heteroatoms. The molecule has 2 aromatic rings. The Balaban J connectivity index is 1.79. The van der Waals surface area contributed by atoms with Gasteiger partial charge in [0.15, 0.2) is 0 Å². The Labute approximate surface area is 145 Å². The highest BCUT2D eigenvalue weighted by molar-refractivity contribution is 7.12. The summed E-state index contributed by atoms with van der Waals surface area (Å²) < 4.78 is 0. The Hall–Kier alpha value is -2.21. The van der Waals surface area contributed by atoms with Gasteiger partial charge in [0.2, 0.25) is 5.91 Å². The molecule has 3 rings (SSSR count). The molecule has 126 valence electrons. The summed E-state index contributed by atoms with van der Waals surface area (Å²) in [5.41, 5.74) is 3.03. The smallest absolute Gasteiger partial charge is 0.264 e. The van der Waals surface area contributed by atoms with Crippen molar-refractivity contribution >= 4 is 23.2 Å². The second-order valence-electron chi connectivity index (χ2n) is 6.14.